The second-order valence-corrected chi connectivity index (χ2v) is 9.55. The zero-order chi connectivity index (χ0) is 27.1. The van der Waals surface area contributed by atoms with Gasteiger partial charge in [-0.15, -0.1) is 0 Å². The molecule has 0 amide bonds. The lowest BCUT2D eigenvalue weighted by molar-refractivity contribution is -0.519. The Morgan fingerprint density at radius 3 is 1.50 bits per heavy atom. The summed E-state index contributed by atoms with van der Waals surface area (Å²) in [6.07, 6.45) is 5.72. The fourth-order valence-electron chi connectivity index (χ4n) is 5.36. The van der Waals surface area contributed by atoms with E-state index in [0.717, 1.165) is 72.8 Å². The number of allylic oxidation sites excluding steroid dienone is 5. The number of halogens is 2. The summed E-state index contributed by atoms with van der Waals surface area (Å²) in [7, 11) is 0. The molecule has 0 saturated carbocycles. The lowest BCUT2D eigenvalue weighted by Gasteiger charge is -2.25. The summed E-state index contributed by atoms with van der Waals surface area (Å²) >= 11 is 0. The van der Waals surface area contributed by atoms with Crippen molar-refractivity contribution in [3.05, 3.63) is 88.3 Å². The molecule has 3 nitrogen and oxygen atoms in total. The van der Waals surface area contributed by atoms with Gasteiger partial charge in [-0.05, 0) is 114 Å². The molecular formula is C33H45ClFN3. The lowest BCUT2D eigenvalue weighted by Crippen LogP contribution is -3.00. The number of anilines is 2. The lowest BCUT2D eigenvalue weighted by atomic mass is 9.85. The summed E-state index contributed by atoms with van der Waals surface area (Å²) in [6, 6.07) is 13.2. The Morgan fingerprint density at radius 2 is 1.16 bits per heavy atom. The topological polar surface area (TPSA) is 9.49 Å². The van der Waals surface area contributed by atoms with Crippen LogP contribution >= 0.6 is 0 Å². The van der Waals surface area contributed by atoms with Gasteiger partial charge in [0, 0.05) is 55.3 Å². The third-order valence-electron chi connectivity index (χ3n) is 7.57. The van der Waals surface area contributed by atoms with Crippen molar-refractivity contribution in [3.8, 4) is 0 Å². The highest BCUT2D eigenvalue weighted by Gasteiger charge is 2.23. The highest BCUT2D eigenvalue weighted by atomic mass is 35.5. The monoisotopic (exact) mass is 537 g/mol. The molecule has 5 heteroatoms. The van der Waals surface area contributed by atoms with E-state index in [2.05, 4.69) is 112 Å². The Kier molecular flexibility index (Phi) is 11.8. The Bertz CT molecular complexity index is 1160. The average Bonchev–Trinajstić information content (AvgIpc) is 2.89. The van der Waals surface area contributed by atoms with E-state index in [0.29, 0.717) is 5.57 Å². The van der Waals surface area contributed by atoms with Crippen LogP contribution in [-0.2, 0) is 0 Å². The summed E-state index contributed by atoms with van der Waals surface area (Å²) in [5.41, 5.74) is 9.39. The van der Waals surface area contributed by atoms with Crippen molar-refractivity contribution in [2.75, 3.05) is 49.1 Å². The van der Waals surface area contributed by atoms with Gasteiger partial charge >= 0.3 is 0 Å². The summed E-state index contributed by atoms with van der Waals surface area (Å²) in [6.45, 7) is 22.7. The third-order valence-corrected chi connectivity index (χ3v) is 7.57. The van der Waals surface area contributed by atoms with Crippen molar-refractivity contribution in [3.63, 3.8) is 0 Å². The van der Waals surface area contributed by atoms with Crippen LogP contribution in [0.4, 0.5) is 15.8 Å². The minimum Gasteiger partial charge on any atom is -1.00 e. The standard InChI is InChI=1S/C33H45FN3.ClH/c1-9-35(10-2)26-15-18-29(24(7)21-26)33(30-19-16-27(22-25(30)8)36(11-3)12-4)31-20-17-28(23-32(31)34)37(13-5)14-6;/h15-23H,9-14H2,1-8H3;1H/q+1;/p-1. The largest absolute Gasteiger partial charge is 1.00 e. The maximum atomic E-state index is 15.9. The van der Waals surface area contributed by atoms with Gasteiger partial charge < -0.3 is 22.2 Å². The molecule has 3 rings (SSSR count). The van der Waals surface area contributed by atoms with Crippen LogP contribution in [0.15, 0.2) is 66.0 Å². The van der Waals surface area contributed by atoms with Crippen molar-refractivity contribution in [2.45, 2.75) is 55.4 Å². The Hall–Kier alpha value is -2.85. The fraction of sp³-hybridized carbons (Fsp3) is 0.424. The molecule has 2 aromatic rings. The molecule has 0 heterocycles. The zero-order valence-corrected chi connectivity index (χ0v) is 25.3. The molecule has 1 aliphatic carbocycles. The summed E-state index contributed by atoms with van der Waals surface area (Å²) in [5, 5.41) is 0. The quantitative estimate of drug-likeness (QED) is 0.406. The van der Waals surface area contributed by atoms with Crippen molar-refractivity contribution >= 4 is 22.7 Å². The summed E-state index contributed by atoms with van der Waals surface area (Å²) in [5.74, 6) is -0.182. The van der Waals surface area contributed by atoms with Gasteiger partial charge in [-0.2, -0.15) is 0 Å². The smallest absolute Gasteiger partial charge is 0.202 e. The molecule has 0 saturated heterocycles. The van der Waals surface area contributed by atoms with Gasteiger partial charge in [0.25, 0.3) is 0 Å². The van der Waals surface area contributed by atoms with E-state index in [1.807, 2.05) is 6.08 Å². The van der Waals surface area contributed by atoms with Crippen molar-refractivity contribution in [2.24, 2.45) is 0 Å². The van der Waals surface area contributed by atoms with Crippen LogP contribution in [-0.4, -0.2) is 49.6 Å². The van der Waals surface area contributed by atoms with Gasteiger partial charge in [0.05, 0.1) is 0 Å². The van der Waals surface area contributed by atoms with Gasteiger partial charge in [0.1, 0.15) is 18.9 Å². The van der Waals surface area contributed by atoms with Gasteiger partial charge in [-0.25, -0.2) is 8.97 Å². The predicted octanol–water partition coefficient (Wildman–Crippen LogP) is 4.72. The highest BCUT2D eigenvalue weighted by Crippen LogP contribution is 2.38. The number of hydrogen-bond donors (Lipinski definition) is 0. The van der Waals surface area contributed by atoms with Gasteiger partial charge in [0.15, 0.2) is 0 Å². The van der Waals surface area contributed by atoms with Crippen LogP contribution in [0.3, 0.4) is 0 Å². The molecule has 0 radical (unpaired) electrons. The summed E-state index contributed by atoms with van der Waals surface area (Å²) in [4.78, 5) is 4.69. The first-order chi connectivity index (χ1) is 17.8. The van der Waals surface area contributed by atoms with E-state index < -0.39 is 0 Å². The van der Waals surface area contributed by atoms with Gasteiger partial charge in [-0.1, -0.05) is 12.1 Å². The van der Waals surface area contributed by atoms with Crippen LogP contribution in [0.5, 0.6) is 0 Å². The Balaban J connectivity index is 0.00000507. The third kappa shape index (κ3) is 6.58. The molecule has 0 aliphatic heterocycles. The maximum Gasteiger partial charge on any atom is 0.202 e. The molecular weight excluding hydrogens is 493 g/mol. The molecule has 0 spiro atoms. The molecule has 0 fully saturated rings. The normalized spacial score (nSPS) is 12.7. The van der Waals surface area contributed by atoms with Gasteiger partial charge in [0.2, 0.25) is 5.71 Å². The minimum atomic E-state index is -0.182. The number of benzene rings is 2. The molecule has 0 atom stereocenters. The van der Waals surface area contributed by atoms with E-state index in [1.54, 1.807) is 6.08 Å². The minimum absolute atomic E-state index is 0. The number of aryl methyl sites for hydroxylation is 2. The van der Waals surface area contributed by atoms with Crippen molar-refractivity contribution < 1.29 is 21.4 Å². The van der Waals surface area contributed by atoms with Crippen LogP contribution < -0.4 is 22.2 Å². The molecule has 0 N–H and O–H groups in total. The highest BCUT2D eigenvalue weighted by molar-refractivity contribution is 6.05. The molecule has 1 aliphatic rings. The van der Waals surface area contributed by atoms with E-state index in [-0.39, 0.29) is 18.2 Å². The Morgan fingerprint density at radius 1 is 0.711 bits per heavy atom. The average molecular weight is 538 g/mol. The first-order valence-electron chi connectivity index (χ1n) is 14.0. The van der Waals surface area contributed by atoms with Crippen LogP contribution in [0, 0.1) is 13.8 Å². The number of nitrogens with zero attached hydrogens (tertiary/aromatic N) is 3. The van der Waals surface area contributed by atoms with E-state index in [1.165, 1.54) is 11.4 Å². The van der Waals surface area contributed by atoms with Crippen LogP contribution in [0.2, 0.25) is 0 Å². The van der Waals surface area contributed by atoms with E-state index >= 15 is 4.39 Å². The Labute approximate surface area is 236 Å². The van der Waals surface area contributed by atoms with Crippen LogP contribution in [0.1, 0.15) is 63.8 Å². The molecule has 0 unspecified atom stereocenters. The van der Waals surface area contributed by atoms with Crippen molar-refractivity contribution in [1.82, 2.24) is 0 Å². The fourth-order valence-corrected chi connectivity index (χ4v) is 5.36. The van der Waals surface area contributed by atoms with E-state index in [4.69, 9.17) is 0 Å². The first-order valence-corrected chi connectivity index (χ1v) is 14.0. The zero-order valence-electron chi connectivity index (χ0n) is 24.5. The SMILES string of the molecule is CCN(CC)c1ccc(C(=C2C=CC(=[N+](CC)CC)C=C2F)c2ccc(N(CC)CC)cc2C)c(C)c1.[Cl-]. The second-order valence-electron chi connectivity index (χ2n) is 9.55. The van der Waals surface area contributed by atoms with Crippen LogP contribution in [0.25, 0.3) is 5.57 Å². The van der Waals surface area contributed by atoms with E-state index in [9.17, 15) is 0 Å². The number of rotatable bonds is 10. The van der Waals surface area contributed by atoms with Gasteiger partial charge in [-0.3, -0.25) is 0 Å². The molecule has 0 bridgehead atoms. The molecule has 2 aromatic carbocycles. The predicted molar refractivity (Wildman–Crippen MR) is 160 cm³/mol. The molecule has 38 heavy (non-hydrogen) atoms. The molecule has 206 valence electrons. The first kappa shape index (κ1) is 31.4. The molecule has 0 aromatic heterocycles. The van der Waals surface area contributed by atoms with Crippen molar-refractivity contribution in [1.29, 1.82) is 0 Å². The maximum absolute atomic E-state index is 15.9. The summed E-state index contributed by atoms with van der Waals surface area (Å²) < 4.78 is 18.1. The number of hydrogen-bond acceptors (Lipinski definition) is 2. The second kappa shape index (κ2) is 14.3.